The summed E-state index contributed by atoms with van der Waals surface area (Å²) in [5.74, 6) is -0.325. The highest BCUT2D eigenvalue weighted by atomic mass is 35.5. The van der Waals surface area contributed by atoms with Crippen LogP contribution < -0.4 is 5.32 Å². The predicted octanol–water partition coefficient (Wildman–Crippen LogP) is 5.49. The van der Waals surface area contributed by atoms with Crippen LogP contribution in [-0.4, -0.2) is 11.7 Å². The fourth-order valence-electron chi connectivity index (χ4n) is 2.38. The van der Waals surface area contributed by atoms with Crippen molar-refractivity contribution in [3.8, 4) is 0 Å². The summed E-state index contributed by atoms with van der Waals surface area (Å²) in [5.41, 5.74) is 2.53. The van der Waals surface area contributed by atoms with Crippen molar-refractivity contribution >= 4 is 35.1 Å². The van der Waals surface area contributed by atoms with Crippen molar-refractivity contribution in [1.29, 1.82) is 0 Å². The minimum absolute atomic E-state index is 0.133. The summed E-state index contributed by atoms with van der Waals surface area (Å²) in [4.78, 5) is 24.4. The molecule has 0 radical (unpaired) electrons. The number of anilines is 1. The minimum atomic E-state index is -0.191. The number of halogens is 1. The van der Waals surface area contributed by atoms with Gasteiger partial charge in [0.05, 0.1) is 0 Å². The van der Waals surface area contributed by atoms with Crippen LogP contribution in [0.5, 0.6) is 0 Å². The first-order valence-corrected chi connectivity index (χ1v) is 8.45. The maximum absolute atomic E-state index is 12.3. The van der Waals surface area contributed by atoms with Crippen molar-refractivity contribution in [3.05, 3.63) is 107 Å². The van der Waals surface area contributed by atoms with Gasteiger partial charge in [-0.25, -0.2) is 0 Å². The second-order valence-electron chi connectivity index (χ2n) is 5.62. The number of rotatable bonds is 5. The van der Waals surface area contributed by atoms with Crippen molar-refractivity contribution in [2.75, 3.05) is 5.32 Å². The fraction of sp³-hybridized carbons (Fsp3) is 0. The van der Waals surface area contributed by atoms with E-state index in [0.717, 1.165) is 5.56 Å². The van der Waals surface area contributed by atoms with E-state index in [1.165, 1.54) is 6.08 Å². The molecule has 0 aromatic heterocycles. The zero-order valence-electron chi connectivity index (χ0n) is 13.9. The molecule has 0 aliphatic rings. The molecule has 0 aliphatic carbocycles. The number of carbonyl (C=O) groups excluding carboxylic acids is 2. The predicted molar refractivity (Wildman–Crippen MR) is 106 cm³/mol. The van der Waals surface area contributed by atoms with Crippen LogP contribution in [0.4, 0.5) is 5.69 Å². The molecule has 4 heteroatoms. The number of hydrogen-bond donors (Lipinski definition) is 1. The zero-order chi connectivity index (χ0) is 18.4. The quantitative estimate of drug-likeness (QED) is 0.482. The van der Waals surface area contributed by atoms with Gasteiger partial charge in [-0.15, -0.1) is 0 Å². The molecule has 3 rings (SSSR count). The van der Waals surface area contributed by atoms with Gasteiger partial charge >= 0.3 is 0 Å². The number of hydrogen-bond acceptors (Lipinski definition) is 2. The van der Waals surface area contributed by atoms with E-state index in [1.54, 1.807) is 48.5 Å². The van der Waals surface area contributed by atoms with Gasteiger partial charge in [-0.2, -0.15) is 0 Å². The highest BCUT2D eigenvalue weighted by Crippen LogP contribution is 2.17. The Kier molecular flexibility index (Phi) is 5.62. The Morgan fingerprint density at radius 2 is 1.42 bits per heavy atom. The highest BCUT2D eigenvalue weighted by Gasteiger charge is 2.06. The van der Waals surface area contributed by atoms with Gasteiger partial charge in [0.1, 0.15) is 0 Å². The van der Waals surface area contributed by atoms with Gasteiger partial charge in [-0.1, -0.05) is 48.0 Å². The molecule has 0 heterocycles. The SMILES string of the molecule is O=C(/C=C/c1ccccc1Cl)c1ccc(NC(=O)c2ccccc2)cc1. The lowest BCUT2D eigenvalue weighted by Crippen LogP contribution is -2.11. The Hall–Kier alpha value is -3.17. The molecule has 0 bridgehead atoms. The average Bonchev–Trinajstić information content (AvgIpc) is 2.68. The Labute approximate surface area is 156 Å². The van der Waals surface area contributed by atoms with Crippen LogP contribution in [0.25, 0.3) is 6.08 Å². The van der Waals surface area contributed by atoms with Gasteiger partial charge in [-0.05, 0) is 60.2 Å². The molecule has 128 valence electrons. The Balaban J connectivity index is 1.66. The van der Waals surface area contributed by atoms with E-state index in [1.807, 2.05) is 36.4 Å². The van der Waals surface area contributed by atoms with Crippen LogP contribution in [0.2, 0.25) is 5.02 Å². The molecule has 26 heavy (non-hydrogen) atoms. The first kappa shape index (κ1) is 17.6. The van der Waals surface area contributed by atoms with Gasteiger partial charge in [0, 0.05) is 21.8 Å². The largest absolute Gasteiger partial charge is 0.322 e. The second kappa shape index (κ2) is 8.28. The van der Waals surface area contributed by atoms with Crippen molar-refractivity contribution in [1.82, 2.24) is 0 Å². The molecule has 0 unspecified atom stereocenters. The molecule has 0 fully saturated rings. The summed E-state index contributed by atoms with van der Waals surface area (Å²) in [6.07, 6.45) is 3.18. The highest BCUT2D eigenvalue weighted by molar-refractivity contribution is 6.32. The number of ketones is 1. The molecular weight excluding hydrogens is 346 g/mol. The molecule has 0 aliphatic heterocycles. The Morgan fingerprint density at radius 1 is 0.769 bits per heavy atom. The van der Waals surface area contributed by atoms with Crippen LogP contribution in [0.1, 0.15) is 26.3 Å². The first-order chi connectivity index (χ1) is 12.6. The lowest BCUT2D eigenvalue weighted by atomic mass is 10.1. The van der Waals surface area contributed by atoms with E-state index in [2.05, 4.69) is 5.32 Å². The van der Waals surface area contributed by atoms with Gasteiger partial charge in [0.15, 0.2) is 5.78 Å². The number of benzene rings is 3. The van der Waals surface area contributed by atoms with Crippen molar-refractivity contribution in [3.63, 3.8) is 0 Å². The summed E-state index contributed by atoms with van der Waals surface area (Å²) in [7, 11) is 0. The molecule has 3 aromatic carbocycles. The normalized spacial score (nSPS) is 10.7. The van der Waals surface area contributed by atoms with Crippen LogP contribution in [-0.2, 0) is 0 Å². The molecule has 0 atom stereocenters. The molecular formula is C22H16ClNO2. The number of allylic oxidation sites excluding steroid dienone is 1. The van der Waals surface area contributed by atoms with Gasteiger partial charge in [0.25, 0.3) is 5.91 Å². The smallest absolute Gasteiger partial charge is 0.255 e. The third-order valence-electron chi connectivity index (χ3n) is 3.78. The average molecular weight is 362 g/mol. The maximum atomic E-state index is 12.3. The van der Waals surface area contributed by atoms with E-state index in [4.69, 9.17) is 11.6 Å². The number of nitrogens with one attached hydrogen (secondary N) is 1. The van der Waals surface area contributed by atoms with Crippen molar-refractivity contribution < 1.29 is 9.59 Å². The molecule has 1 amide bonds. The monoisotopic (exact) mass is 361 g/mol. The van der Waals surface area contributed by atoms with E-state index < -0.39 is 0 Å². The summed E-state index contributed by atoms with van der Waals surface area (Å²) in [6, 6.07) is 23.0. The molecule has 0 saturated heterocycles. The molecule has 3 aromatic rings. The number of amides is 1. The minimum Gasteiger partial charge on any atom is -0.322 e. The molecule has 1 N–H and O–H groups in total. The van der Waals surface area contributed by atoms with Gasteiger partial charge in [0.2, 0.25) is 0 Å². The summed E-state index contributed by atoms with van der Waals surface area (Å²) in [6.45, 7) is 0. The topological polar surface area (TPSA) is 46.2 Å². The fourth-order valence-corrected chi connectivity index (χ4v) is 2.58. The van der Waals surface area contributed by atoms with Crippen LogP contribution in [0, 0.1) is 0 Å². The molecule has 0 spiro atoms. The summed E-state index contributed by atoms with van der Waals surface area (Å²) < 4.78 is 0. The summed E-state index contributed by atoms with van der Waals surface area (Å²) >= 11 is 6.07. The van der Waals surface area contributed by atoms with Gasteiger partial charge in [-0.3, -0.25) is 9.59 Å². The lowest BCUT2D eigenvalue weighted by Gasteiger charge is -2.05. The van der Waals surface area contributed by atoms with Crippen molar-refractivity contribution in [2.45, 2.75) is 0 Å². The third-order valence-corrected chi connectivity index (χ3v) is 4.13. The Morgan fingerprint density at radius 3 is 2.12 bits per heavy atom. The van der Waals surface area contributed by atoms with Crippen molar-refractivity contribution in [2.24, 2.45) is 0 Å². The standard InChI is InChI=1S/C22H16ClNO2/c23-20-9-5-4-6-16(20)12-15-21(25)17-10-13-19(14-11-17)24-22(26)18-7-2-1-3-8-18/h1-15H,(H,24,26)/b15-12+. The second-order valence-corrected chi connectivity index (χ2v) is 6.02. The maximum Gasteiger partial charge on any atom is 0.255 e. The van der Waals surface area contributed by atoms with Crippen LogP contribution >= 0.6 is 11.6 Å². The molecule has 0 saturated carbocycles. The first-order valence-electron chi connectivity index (χ1n) is 8.07. The van der Waals surface area contributed by atoms with Crippen LogP contribution in [0.15, 0.2) is 84.9 Å². The van der Waals surface area contributed by atoms with Crippen LogP contribution in [0.3, 0.4) is 0 Å². The lowest BCUT2D eigenvalue weighted by molar-refractivity contribution is 0.102. The zero-order valence-corrected chi connectivity index (χ0v) is 14.6. The molecule has 3 nitrogen and oxygen atoms in total. The van der Waals surface area contributed by atoms with Gasteiger partial charge < -0.3 is 5.32 Å². The number of carbonyl (C=O) groups is 2. The van der Waals surface area contributed by atoms with E-state index in [0.29, 0.717) is 21.8 Å². The summed E-state index contributed by atoms with van der Waals surface area (Å²) in [5, 5.41) is 3.40. The van der Waals surface area contributed by atoms with E-state index in [9.17, 15) is 9.59 Å². The Bertz CT molecular complexity index is 947. The third kappa shape index (κ3) is 4.47. The van der Waals surface area contributed by atoms with E-state index >= 15 is 0 Å². The van der Waals surface area contributed by atoms with E-state index in [-0.39, 0.29) is 11.7 Å².